The van der Waals surface area contributed by atoms with Gasteiger partial charge in [-0.05, 0) is 31.6 Å². The van der Waals surface area contributed by atoms with E-state index in [1.165, 1.54) is 0 Å². The number of unbranched alkanes of at least 4 members (excludes halogenated alkanes) is 5. The molecule has 4 heteroatoms. The predicted molar refractivity (Wildman–Crippen MR) is 102 cm³/mol. The number of esters is 2. The molecule has 0 aromatic carbocycles. The van der Waals surface area contributed by atoms with E-state index in [1.807, 2.05) is 13.8 Å². The van der Waals surface area contributed by atoms with Crippen molar-refractivity contribution in [2.45, 2.75) is 92.4 Å². The first-order valence-electron chi connectivity index (χ1n) is 10.1. The molecule has 146 valence electrons. The maximum Gasteiger partial charge on any atom is 0.334 e. The molecule has 0 radical (unpaired) electrons. The molecule has 0 aliphatic heterocycles. The molecular weight excluding hydrogens is 316 g/mol. The summed E-state index contributed by atoms with van der Waals surface area (Å²) in [5, 5.41) is 0. The van der Waals surface area contributed by atoms with Gasteiger partial charge in [0, 0.05) is 5.57 Å². The lowest BCUT2D eigenvalue weighted by Gasteiger charge is -2.17. The van der Waals surface area contributed by atoms with Crippen molar-refractivity contribution in [2.24, 2.45) is 5.92 Å². The Morgan fingerprint density at radius 3 is 1.72 bits per heavy atom. The van der Waals surface area contributed by atoms with E-state index in [0.29, 0.717) is 30.8 Å². The molecule has 0 rings (SSSR count). The van der Waals surface area contributed by atoms with E-state index >= 15 is 0 Å². The van der Waals surface area contributed by atoms with Gasteiger partial charge in [-0.25, -0.2) is 9.59 Å². The van der Waals surface area contributed by atoms with Crippen LogP contribution in [0.2, 0.25) is 0 Å². The Labute approximate surface area is 154 Å². The van der Waals surface area contributed by atoms with Crippen LogP contribution in [0.4, 0.5) is 0 Å². The third-order valence-electron chi connectivity index (χ3n) is 4.11. The van der Waals surface area contributed by atoms with E-state index in [-0.39, 0.29) is 17.9 Å². The van der Waals surface area contributed by atoms with E-state index in [9.17, 15) is 9.59 Å². The molecule has 0 fully saturated rings. The van der Waals surface area contributed by atoms with Gasteiger partial charge < -0.3 is 9.47 Å². The average molecular weight is 355 g/mol. The van der Waals surface area contributed by atoms with Gasteiger partial charge in [0.2, 0.25) is 0 Å². The fraction of sp³-hybridized carbons (Fsp3) is 0.810. The lowest BCUT2D eigenvalue weighted by molar-refractivity contribution is -0.143. The van der Waals surface area contributed by atoms with E-state index < -0.39 is 0 Å². The maximum atomic E-state index is 12.6. The molecule has 0 aliphatic carbocycles. The van der Waals surface area contributed by atoms with E-state index in [4.69, 9.17) is 9.47 Å². The van der Waals surface area contributed by atoms with Gasteiger partial charge >= 0.3 is 11.9 Å². The number of hydrogen-bond acceptors (Lipinski definition) is 4. The first-order chi connectivity index (χ1) is 12.0. The number of rotatable bonds is 14. The summed E-state index contributed by atoms with van der Waals surface area (Å²) in [6.45, 7) is 10.9. The number of carbonyl (C=O) groups excluding carboxylic acids is 2. The lowest BCUT2D eigenvalue weighted by Crippen LogP contribution is -2.21. The van der Waals surface area contributed by atoms with Crippen molar-refractivity contribution in [3.63, 3.8) is 0 Å². The molecule has 0 aromatic rings. The molecule has 0 spiro atoms. The van der Waals surface area contributed by atoms with Crippen molar-refractivity contribution < 1.29 is 19.1 Å². The minimum atomic E-state index is -0.360. The molecule has 0 N–H and O–H groups in total. The van der Waals surface area contributed by atoms with Gasteiger partial charge in [-0.15, -0.1) is 0 Å². The summed E-state index contributed by atoms with van der Waals surface area (Å²) < 4.78 is 10.8. The van der Waals surface area contributed by atoms with Crippen LogP contribution in [0.5, 0.6) is 0 Å². The highest BCUT2D eigenvalue weighted by Gasteiger charge is 2.25. The smallest absolute Gasteiger partial charge is 0.334 e. The topological polar surface area (TPSA) is 52.6 Å². The van der Waals surface area contributed by atoms with Gasteiger partial charge in [0.05, 0.1) is 18.8 Å². The van der Waals surface area contributed by atoms with Gasteiger partial charge in [0.25, 0.3) is 0 Å². The second-order valence-electron chi connectivity index (χ2n) is 6.84. The minimum absolute atomic E-state index is 0.0611. The monoisotopic (exact) mass is 354 g/mol. The molecule has 0 aromatic heterocycles. The normalized spacial score (nSPS) is 12.1. The number of carbonyl (C=O) groups is 2. The standard InChI is InChI=1S/C21H38O4/c1-6-9-12-13-14-18(20(22)24-15-10-7-2)19(17(4)5)21(23)25-16-11-8-3/h17H,6-16H2,1-5H3. The van der Waals surface area contributed by atoms with E-state index in [2.05, 4.69) is 20.8 Å². The van der Waals surface area contributed by atoms with Crippen LogP contribution in [0.1, 0.15) is 92.4 Å². The Morgan fingerprint density at radius 2 is 1.24 bits per heavy atom. The third-order valence-corrected chi connectivity index (χ3v) is 4.11. The van der Waals surface area contributed by atoms with Crippen molar-refractivity contribution in [3.05, 3.63) is 11.1 Å². The van der Waals surface area contributed by atoms with Crippen LogP contribution in [-0.2, 0) is 19.1 Å². The van der Waals surface area contributed by atoms with Crippen LogP contribution in [0.15, 0.2) is 11.1 Å². The van der Waals surface area contributed by atoms with Gasteiger partial charge in [-0.1, -0.05) is 66.7 Å². The van der Waals surface area contributed by atoms with Crippen LogP contribution in [0, 0.1) is 5.92 Å². The maximum absolute atomic E-state index is 12.6. The minimum Gasteiger partial charge on any atom is -0.462 e. The van der Waals surface area contributed by atoms with Crippen molar-refractivity contribution in [1.82, 2.24) is 0 Å². The quantitative estimate of drug-likeness (QED) is 0.231. The summed E-state index contributed by atoms with van der Waals surface area (Å²) in [5.74, 6) is -0.767. The number of hydrogen-bond donors (Lipinski definition) is 0. The Balaban J connectivity index is 5.26. The largest absolute Gasteiger partial charge is 0.462 e. The lowest BCUT2D eigenvalue weighted by atomic mass is 9.93. The predicted octanol–water partition coefficient (Wildman–Crippen LogP) is 5.60. The fourth-order valence-corrected chi connectivity index (χ4v) is 2.57. The Morgan fingerprint density at radius 1 is 0.720 bits per heavy atom. The highest BCUT2D eigenvalue weighted by molar-refractivity contribution is 6.00. The van der Waals surface area contributed by atoms with Crippen LogP contribution in [0.25, 0.3) is 0 Å². The van der Waals surface area contributed by atoms with Crippen molar-refractivity contribution >= 4 is 11.9 Å². The first-order valence-corrected chi connectivity index (χ1v) is 10.1. The second kappa shape index (κ2) is 15.0. The Bertz CT molecular complexity index is 410. The Hall–Kier alpha value is -1.32. The summed E-state index contributed by atoms with van der Waals surface area (Å²) in [5.41, 5.74) is 1.01. The fourth-order valence-electron chi connectivity index (χ4n) is 2.57. The SMILES string of the molecule is CCCCCCC(C(=O)OCCCC)=C(C(=O)OCCCC)C(C)C. The van der Waals surface area contributed by atoms with Crippen molar-refractivity contribution in [2.75, 3.05) is 13.2 Å². The summed E-state index contributed by atoms with van der Waals surface area (Å²) in [6.07, 6.45) is 8.42. The molecule has 0 atom stereocenters. The molecule has 25 heavy (non-hydrogen) atoms. The zero-order chi connectivity index (χ0) is 19.1. The molecule has 0 amide bonds. The van der Waals surface area contributed by atoms with Crippen LogP contribution >= 0.6 is 0 Å². The van der Waals surface area contributed by atoms with Gasteiger partial charge in [-0.2, -0.15) is 0 Å². The zero-order valence-electron chi connectivity index (χ0n) is 17.0. The summed E-state index contributed by atoms with van der Waals surface area (Å²) in [6, 6.07) is 0. The first kappa shape index (κ1) is 23.7. The highest BCUT2D eigenvalue weighted by Crippen LogP contribution is 2.23. The number of ether oxygens (including phenoxy) is 2. The van der Waals surface area contributed by atoms with Gasteiger partial charge in [0.1, 0.15) is 0 Å². The molecule has 0 bridgehead atoms. The Kier molecular flexibility index (Phi) is 14.2. The van der Waals surface area contributed by atoms with E-state index in [1.54, 1.807) is 0 Å². The molecule has 0 aliphatic rings. The van der Waals surface area contributed by atoms with Crippen LogP contribution in [-0.4, -0.2) is 25.2 Å². The molecule has 0 unspecified atom stereocenters. The third kappa shape index (κ3) is 10.3. The van der Waals surface area contributed by atoms with Gasteiger partial charge in [-0.3, -0.25) is 0 Å². The molecule has 0 saturated carbocycles. The zero-order valence-corrected chi connectivity index (χ0v) is 17.0. The highest BCUT2D eigenvalue weighted by atomic mass is 16.5. The van der Waals surface area contributed by atoms with Crippen LogP contribution < -0.4 is 0 Å². The van der Waals surface area contributed by atoms with Crippen molar-refractivity contribution in [3.8, 4) is 0 Å². The van der Waals surface area contributed by atoms with Crippen molar-refractivity contribution in [1.29, 1.82) is 0 Å². The summed E-state index contributed by atoms with van der Waals surface area (Å²) >= 11 is 0. The van der Waals surface area contributed by atoms with E-state index in [0.717, 1.165) is 51.4 Å². The van der Waals surface area contributed by atoms with Crippen LogP contribution in [0.3, 0.4) is 0 Å². The molecule has 0 heterocycles. The molecular formula is C21H38O4. The second-order valence-corrected chi connectivity index (χ2v) is 6.84. The summed E-state index contributed by atoms with van der Waals surface area (Å²) in [4.78, 5) is 25.1. The van der Waals surface area contributed by atoms with Gasteiger partial charge in [0.15, 0.2) is 0 Å². The average Bonchev–Trinajstić information content (AvgIpc) is 2.57. The summed E-state index contributed by atoms with van der Waals surface area (Å²) in [7, 11) is 0. The molecule has 4 nitrogen and oxygen atoms in total. The molecule has 0 saturated heterocycles.